The molecule has 19 heavy (non-hydrogen) atoms. The number of hydrogen-bond acceptors (Lipinski definition) is 3. The normalized spacial score (nSPS) is 15.6. The number of rotatable bonds is 4. The van der Waals surface area contributed by atoms with Crippen LogP contribution in [0.25, 0.3) is 0 Å². The van der Waals surface area contributed by atoms with Gasteiger partial charge in [-0.05, 0) is 24.5 Å². The smallest absolute Gasteiger partial charge is 0.360 e. The molecule has 0 atom stereocenters. The van der Waals surface area contributed by atoms with Gasteiger partial charge in [0.1, 0.15) is 0 Å². The van der Waals surface area contributed by atoms with Gasteiger partial charge in [0.25, 0.3) is 0 Å². The van der Waals surface area contributed by atoms with Crippen molar-refractivity contribution in [3.63, 3.8) is 0 Å². The summed E-state index contributed by atoms with van der Waals surface area (Å²) in [6.45, 7) is 0.0478. The summed E-state index contributed by atoms with van der Waals surface area (Å²) in [6.07, 6.45) is -3.58. The van der Waals surface area contributed by atoms with Gasteiger partial charge in [0.15, 0.2) is 0 Å². The minimum Gasteiger partial charge on any atom is -0.360 e. The molecule has 0 N–H and O–H groups in total. The molecule has 1 aromatic carbocycles. The van der Waals surface area contributed by atoms with Crippen molar-refractivity contribution in [1.29, 1.82) is 0 Å². The summed E-state index contributed by atoms with van der Waals surface area (Å²) in [6, 6.07) is 6.59. The quantitative estimate of drug-likeness (QED) is 0.798. The second kappa shape index (κ2) is 5.38. The zero-order valence-corrected chi connectivity index (χ0v) is 10.5. The molecule has 7 heteroatoms. The largest absolute Gasteiger partial charge is 0.492 e. The van der Waals surface area contributed by atoms with E-state index in [4.69, 9.17) is 11.6 Å². The monoisotopic (exact) mass is 293 g/mol. The van der Waals surface area contributed by atoms with Crippen LogP contribution in [-0.2, 0) is 16.2 Å². The van der Waals surface area contributed by atoms with Crippen molar-refractivity contribution in [1.82, 2.24) is 5.06 Å². The Labute approximate surface area is 112 Å². The van der Waals surface area contributed by atoms with Crippen molar-refractivity contribution in [2.45, 2.75) is 31.6 Å². The lowest BCUT2D eigenvalue weighted by molar-refractivity contribution is -0.243. The minimum atomic E-state index is -4.99. The van der Waals surface area contributed by atoms with Crippen LogP contribution in [0.1, 0.15) is 18.4 Å². The van der Waals surface area contributed by atoms with Crippen LogP contribution in [0.5, 0.6) is 0 Å². The SMILES string of the molecule is O=C(ON(Cc1ccccc1Cl)C1CC1)C(F)(F)F. The highest BCUT2D eigenvalue weighted by Crippen LogP contribution is 2.31. The molecular weight excluding hydrogens is 283 g/mol. The maximum absolute atomic E-state index is 12.2. The average Bonchev–Trinajstić information content (AvgIpc) is 3.13. The molecule has 1 fully saturated rings. The lowest BCUT2D eigenvalue weighted by Gasteiger charge is -2.21. The Morgan fingerprint density at radius 3 is 2.53 bits per heavy atom. The van der Waals surface area contributed by atoms with Crippen LogP contribution in [0.4, 0.5) is 13.2 Å². The van der Waals surface area contributed by atoms with Gasteiger partial charge < -0.3 is 4.84 Å². The number of hydroxylamine groups is 2. The topological polar surface area (TPSA) is 29.5 Å². The van der Waals surface area contributed by atoms with E-state index in [2.05, 4.69) is 4.84 Å². The Balaban J connectivity index is 2.05. The second-order valence-corrected chi connectivity index (χ2v) is 4.68. The highest BCUT2D eigenvalue weighted by molar-refractivity contribution is 6.31. The number of benzene rings is 1. The van der Waals surface area contributed by atoms with Crippen LogP contribution in [0.3, 0.4) is 0 Å². The molecule has 104 valence electrons. The average molecular weight is 294 g/mol. The Morgan fingerprint density at radius 1 is 1.37 bits per heavy atom. The van der Waals surface area contributed by atoms with E-state index < -0.39 is 12.1 Å². The van der Waals surface area contributed by atoms with Crippen LogP contribution in [0.2, 0.25) is 5.02 Å². The zero-order valence-electron chi connectivity index (χ0n) is 9.78. The first-order valence-electron chi connectivity index (χ1n) is 5.67. The number of nitrogens with zero attached hydrogens (tertiary/aromatic N) is 1. The molecule has 0 radical (unpaired) electrons. The molecule has 0 aromatic heterocycles. The number of halogens is 4. The molecule has 3 nitrogen and oxygen atoms in total. The molecule has 1 saturated carbocycles. The lowest BCUT2D eigenvalue weighted by atomic mass is 10.2. The van der Waals surface area contributed by atoms with Gasteiger partial charge in [-0.25, -0.2) is 4.79 Å². The fourth-order valence-electron chi connectivity index (χ4n) is 1.55. The molecule has 0 aliphatic heterocycles. The molecule has 2 rings (SSSR count). The van der Waals surface area contributed by atoms with Crippen molar-refractivity contribution in [3.05, 3.63) is 34.9 Å². The Hall–Kier alpha value is -1.27. The van der Waals surface area contributed by atoms with Crippen LogP contribution in [0.15, 0.2) is 24.3 Å². The van der Waals surface area contributed by atoms with Crippen molar-refractivity contribution < 1.29 is 22.8 Å². The van der Waals surface area contributed by atoms with E-state index in [9.17, 15) is 18.0 Å². The first-order chi connectivity index (χ1) is 8.88. The predicted octanol–water partition coefficient (Wildman–Crippen LogP) is 3.32. The van der Waals surface area contributed by atoms with Crippen molar-refractivity contribution >= 4 is 17.6 Å². The predicted molar refractivity (Wildman–Crippen MR) is 62.2 cm³/mol. The molecule has 1 aliphatic carbocycles. The lowest BCUT2D eigenvalue weighted by Crippen LogP contribution is -2.35. The van der Waals surface area contributed by atoms with Gasteiger partial charge in [0.05, 0.1) is 6.54 Å². The van der Waals surface area contributed by atoms with E-state index in [0.29, 0.717) is 23.4 Å². The third-order valence-electron chi connectivity index (χ3n) is 2.67. The maximum atomic E-state index is 12.2. The first kappa shape index (κ1) is 14.1. The Morgan fingerprint density at radius 2 is 2.00 bits per heavy atom. The van der Waals surface area contributed by atoms with Crippen LogP contribution < -0.4 is 0 Å². The number of hydrogen-bond donors (Lipinski definition) is 0. The van der Waals surface area contributed by atoms with Crippen LogP contribution in [-0.4, -0.2) is 23.3 Å². The molecule has 0 unspecified atom stereocenters. The molecule has 0 saturated heterocycles. The maximum Gasteiger partial charge on any atom is 0.492 e. The van der Waals surface area contributed by atoms with Gasteiger partial charge in [0, 0.05) is 11.1 Å². The van der Waals surface area contributed by atoms with Crippen molar-refractivity contribution in [3.8, 4) is 0 Å². The van der Waals surface area contributed by atoms with Gasteiger partial charge in [-0.15, -0.1) is 5.06 Å². The standard InChI is InChI=1S/C12H11ClF3NO2/c13-10-4-2-1-3-8(10)7-17(9-5-6-9)19-11(18)12(14,15)16/h1-4,9H,5-7H2. The van der Waals surface area contributed by atoms with E-state index >= 15 is 0 Å². The summed E-state index contributed by atoms with van der Waals surface area (Å²) in [5, 5.41) is 1.48. The van der Waals surface area contributed by atoms with E-state index in [-0.39, 0.29) is 12.6 Å². The zero-order chi connectivity index (χ0) is 14.0. The van der Waals surface area contributed by atoms with Gasteiger partial charge in [0.2, 0.25) is 0 Å². The van der Waals surface area contributed by atoms with Gasteiger partial charge in [-0.1, -0.05) is 29.8 Å². The van der Waals surface area contributed by atoms with E-state index in [1.807, 2.05) is 0 Å². The van der Waals surface area contributed by atoms with E-state index in [1.165, 1.54) is 0 Å². The second-order valence-electron chi connectivity index (χ2n) is 4.27. The highest BCUT2D eigenvalue weighted by Gasteiger charge is 2.44. The summed E-state index contributed by atoms with van der Waals surface area (Å²) in [7, 11) is 0. The molecular formula is C12H11ClF3NO2. The third kappa shape index (κ3) is 3.84. The molecule has 0 heterocycles. The fourth-order valence-corrected chi connectivity index (χ4v) is 1.75. The summed E-state index contributed by atoms with van der Waals surface area (Å²) in [5.74, 6) is -2.20. The van der Waals surface area contributed by atoms with Gasteiger partial charge in [-0.2, -0.15) is 13.2 Å². The van der Waals surface area contributed by atoms with E-state index in [1.54, 1.807) is 24.3 Å². The fraction of sp³-hybridized carbons (Fsp3) is 0.417. The van der Waals surface area contributed by atoms with Crippen LogP contribution >= 0.6 is 11.6 Å². The van der Waals surface area contributed by atoms with Crippen molar-refractivity contribution in [2.75, 3.05) is 0 Å². The summed E-state index contributed by atoms with van der Waals surface area (Å²) in [5.41, 5.74) is 0.617. The van der Waals surface area contributed by atoms with Crippen molar-refractivity contribution in [2.24, 2.45) is 0 Å². The first-order valence-corrected chi connectivity index (χ1v) is 6.05. The molecule has 0 spiro atoms. The minimum absolute atomic E-state index is 0.0478. The summed E-state index contributed by atoms with van der Waals surface area (Å²) in [4.78, 5) is 15.3. The molecule has 0 bridgehead atoms. The third-order valence-corrected chi connectivity index (χ3v) is 3.04. The highest BCUT2D eigenvalue weighted by atomic mass is 35.5. The summed E-state index contributed by atoms with van der Waals surface area (Å²) >= 11 is 5.93. The van der Waals surface area contributed by atoms with Crippen LogP contribution in [0, 0.1) is 0 Å². The Kier molecular flexibility index (Phi) is 4.01. The Bertz CT molecular complexity index is 474. The molecule has 1 aromatic rings. The van der Waals surface area contributed by atoms with Gasteiger partial charge in [-0.3, -0.25) is 0 Å². The molecule has 1 aliphatic rings. The van der Waals surface area contributed by atoms with E-state index in [0.717, 1.165) is 5.06 Å². The number of alkyl halides is 3. The molecule has 0 amide bonds. The number of carbonyl (C=O) groups excluding carboxylic acids is 1. The number of carbonyl (C=O) groups is 1. The summed E-state index contributed by atoms with van der Waals surface area (Å²) < 4.78 is 36.6. The van der Waals surface area contributed by atoms with Gasteiger partial charge >= 0.3 is 12.1 Å².